The van der Waals surface area contributed by atoms with Crippen LogP contribution in [0.2, 0.25) is 0 Å². The number of hydrogen-bond acceptors (Lipinski definition) is 2. The van der Waals surface area contributed by atoms with E-state index in [1.807, 2.05) is 16.9 Å². The Morgan fingerprint density at radius 1 is 0.742 bits per heavy atom. The quantitative estimate of drug-likeness (QED) is 0.375. The molecule has 5 aromatic rings. The first-order valence-electron chi connectivity index (χ1n) is 10.5. The summed E-state index contributed by atoms with van der Waals surface area (Å²) >= 11 is 0. The highest BCUT2D eigenvalue weighted by atomic mass is 15.3. The zero-order valence-electron chi connectivity index (χ0n) is 17.7. The monoisotopic (exact) mass is 404 g/mol. The molecule has 1 N–H and O–H groups in total. The van der Waals surface area contributed by atoms with Gasteiger partial charge in [0.25, 0.3) is 0 Å². The van der Waals surface area contributed by atoms with Crippen LogP contribution in [0.15, 0.2) is 91.1 Å². The van der Waals surface area contributed by atoms with Crippen LogP contribution < -0.4 is 0 Å². The van der Waals surface area contributed by atoms with E-state index in [1.54, 1.807) is 0 Å². The lowest BCUT2D eigenvalue weighted by Crippen LogP contribution is -2.03. The van der Waals surface area contributed by atoms with Crippen molar-refractivity contribution < 1.29 is 0 Å². The highest BCUT2D eigenvalue weighted by Crippen LogP contribution is 2.26. The number of H-pyrrole nitrogens is 1. The minimum Gasteiger partial charge on any atom is -0.343 e. The predicted octanol–water partition coefficient (Wildman–Crippen LogP) is 6.27. The van der Waals surface area contributed by atoms with Gasteiger partial charge in [-0.3, -0.25) is 4.68 Å². The number of benzene rings is 3. The number of aromatic amines is 1. The third-order valence-electron chi connectivity index (χ3n) is 5.54. The van der Waals surface area contributed by atoms with Crippen LogP contribution in [0.25, 0.3) is 33.9 Å². The molecule has 0 fully saturated rings. The predicted molar refractivity (Wildman–Crippen MR) is 126 cm³/mol. The van der Waals surface area contributed by atoms with E-state index in [2.05, 4.69) is 97.7 Å². The zero-order chi connectivity index (χ0) is 21.2. The Hall–Kier alpha value is -3.92. The van der Waals surface area contributed by atoms with Crippen molar-refractivity contribution in [3.8, 4) is 33.9 Å². The van der Waals surface area contributed by atoms with E-state index < -0.39 is 0 Å². The molecule has 4 nitrogen and oxygen atoms in total. The number of nitrogens with one attached hydrogen (secondary N) is 1. The number of aryl methyl sites for hydroxylation is 2. The van der Waals surface area contributed by atoms with Crippen molar-refractivity contribution in [2.75, 3.05) is 0 Å². The molecule has 3 aromatic carbocycles. The van der Waals surface area contributed by atoms with E-state index in [4.69, 9.17) is 10.1 Å². The van der Waals surface area contributed by atoms with Crippen LogP contribution in [0.3, 0.4) is 0 Å². The smallest absolute Gasteiger partial charge is 0.158 e. The normalized spacial score (nSPS) is 11.0. The van der Waals surface area contributed by atoms with E-state index in [9.17, 15) is 0 Å². The number of rotatable bonds is 5. The van der Waals surface area contributed by atoms with Gasteiger partial charge >= 0.3 is 0 Å². The van der Waals surface area contributed by atoms with Crippen molar-refractivity contribution in [3.63, 3.8) is 0 Å². The Bertz CT molecular complexity index is 1290. The molecule has 5 rings (SSSR count). The maximum atomic E-state index is 4.79. The summed E-state index contributed by atoms with van der Waals surface area (Å²) in [5.41, 5.74) is 8.89. The third-order valence-corrected chi connectivity index (χ3v) is 5.54. The molecule has 0 aliphatic heterocycles. The van der Waals surface area contributed by atoms with Gasteiger partial charge < -0.3 is 4.98 Å². The maximum absolute atomic E-state index is 4.79. The number of nitrogens with zero attached hydrogens (tertiary/aromatic N) is 3. The fourth-order valence-corrected chi connectivity index (χ4v) is 3.72. The zero-order valence-corrected chi connectivity index (χ0v) is 17.7. The van der Waals surface area contributed by atoms with Gasteiger partial charge in [0.15, 0.2) is 5.82 Å². The second kappa shape index (κ2) is 8.07. The molecule has 2 aromatic heterocycles. The first kappa shape index (κ1) is 19.1. The Morgan fingerprint density at radius 3 is 2.16 bits per heavy atom. The molecule has 0 saturated heterocycles. The molecule has 4 heteroatoms. The fourth-order valence-electron chi connectivity index (χ4n) is 3.72. The van der Waals surface area contributed by atoms with Crippen molar-refractivity contribution in [3.05, 3.63) is 108 Å². The highest BCUT2D eigenvalue weighted by Gasteiger charge is 2.12. The summed E-state index contributed by atoms with van der Waals surface area (Å²) in [5.74, 6) is 0.785. The van der Waals surface area contributed by atoms with Crippen molar-refractivity contribution in [2.24, 2.45) is 0 Å². The van der Waals surface area contributed by atoms with Crippen LogP contribution in [-0.2, 0) is 6.54 Å². The summed E-state index contributed by atoms with van der Waals surface area (Å²) in [5, 5.41) is 4.78. The van der Waals surface area contributed by atoms with Crippen molar-refractivity contribution in [1.82, 2.24) is 19.7 Å². The summed E-state index contributed by atoms with van der Waals surface area (Å²) in [6.07, 6.45) is 1.95. The Balaban J connectivity index is 1.36. The van der Waals surface area contributed by atoms with E-state index in [1.165, 1.54) is 22.3 Å². The van der Waals surface area contributed by atoms with Gasteiger partial charge in [-0.2, -0.15) is 5.10 Å². The minimum atomic E-state index is 0.751. The van der Waals surface area contributed by atoms with Crippen LogP contribution in [0.1, 0.15) is 16.8 Å². The largest absolute Gasteiger partial charge is 0.343 e. The molecule has 0 atom stereocenters. The Kier molecular flexibility index (Phi) is 4.97. The maximum Gasteiger partial charge on any atom is 0.158 e. The molecule has 0 bridgehead atoms. The molecular formula is C27H24N4. The van der Waals surface area contributed by atoms with Gasteiger partial charge in [0.05, 0.1) is 12.2 Å². The molecule has 0 aliphatic rings. The van der Waals surface area contributed by atoms with Crippen LogP contribution in [0.5, 0.6) is 0 Å². The highest BCUT2D eigenvalue weighted by molar-refractivity contribution is 5.69. The van der Waals surface area contributed by atoms with Gasteiger partial charge in [0, 0.05) is 17.5 Å². The van der Waals surface area contributed by atoms with Gasteiger partial charge in [-0.1, -0.05) is 84.4 Å². The first-order valence-corrected chi connectivity index (χ1v) is 10.5. The van der Waals surface area contributed by atoms with Gasteiger partial charge in [-0.25, -0.2) is 4.98 Å². The molecular weight excluding hydrogens is 380 g/mol. The van der Waals surface area contributed by atoms with Gasteiger partial charge in [-0.05, 0) is 36.6 Å². The van der Waals surface area contributed by atoms with Crippen molar-refractivity contribution in [1.29, 1.82) is 0 Å². The lowest BCUT2D eigenvalue weighted by Gasteiger charge is -2.04. The molecule has 152 valence electrons. The Morgan fingerprint density at radius 2 is 1.42 bits per heavy atom. The van der Waals surface area contributed by atoms with E-state index in [0.717, 1.165) is 35.0 Å². The average molecular weight is 405 g/mol. The lowest BCUT2D eigenvalue weighted by molar-refractivity contribution is 0.666. The fraction of sp³-hybridized carbons (Fsp3) is 0.111. The number of hydrogen-bond donors (Lipinski definition) is 1. The molecule has 0 amide bonds. The summed E-state index contributed by atoms with van der Waals surface area (Å²) in [4.78, 5) is 8.09. The topological polar surface area (TPSA) is 46.5 Å². The van der Waals surface area contributed by atoms with Crippen LogP contribution in [0, 0.1) is 13.8 Å². The molecule has 31 heavy (non-hydrogen) atoms. The summed E-state index contributed by atoms with van der Waals surface area (Å²) in [7, 11) is 0. The van der Waals surface area contributed by atoms with E-state index in [0.29, 0.717) is 0 Å². The summed E-state index contributed by atoms with van der Waals surface area (Å²) in [6, 6.07) is 29.6. The summed E-state index contributed by atoms with van der Waals surface area (Å²) < 4.78 is 2.02. The van der Waals surface area contributed by atoms with Crippen LogP contribution in [0.4, 0.5) is 0 Å². The molecule has 0 aliphatic carbocycles. The van der Waals surface area contributed by atoms with Crippen molar-refractivity contribution in [2.45, 2.75) is 20.4 Å². The number of imidazole rings is 1. The second-order valence-corrected chi connectivity index (χ2v) is 7.89. The molecule has 0 unspecified atom stereocenters. The van der Waals surface area contributed by atoms with E-state index in [-0.39, 0.29) is 0 Å². The van der Waals surface area contributed by atoms with Crippen molar-refractivity contribution >= 4 is 0 Å². The van der Waals surface area contributed by atoms with Gasteiger partial charge in [-0.15, -0.1) is 0 Å². The van der Waals surface area contributed by atoms with Crippen LogP contribution >= 0.6 is 0 Å². The lowest BCUT2D eigenvalue weighted by atomic mass is 10.0. The molecule has 2 heterocycles. The third kappa shape index (κ3) is 4.05. The molecule has 0 spiro atoms. The number of aromatic nitrogens is 4. The van der Waals surface area contributed by atoms with E-state index >= 15 is 0 Å². The first-order chi connectivity index (χ1) is 15.2. The standard InChI is InChI=1S/C27H24N4/c1-19-8-10-21(11-9-19)18-31-20(2)16-25(30-31)27-28-17-26(29-27)24-14-12-23(13-15-24)22-6-4-3-5-7-22/h3-17H,18H2,1-2H3,(H,28,29). The van der Waals surface area contributed by atoms with Crippen LogP contribution in [-0.4, -0.2) is 19.7 Å². The Labute approximate surface area is 182 Å². The SMILES string of the molecule is Cc1ccc(Cn2nc(-c3nc(-c4ccc(-c5ccccc5)cc4)c[nH]3)cc2C)cc1. The minimum absolute atomic E-state index is 0.751. The molecule has 0 saturated carbocycles. The van der Waals surface area contributed by atoms with Gasteiger partial charge in [0.2, 0.25) is 0 Å². The summed E-state index contributed by atoms with van der Waals surface area (Å²) in [6.45, 7) is 4.93. The van der Waals surface area contributed by atoms with Gasteiger partial charge in [0.1, 0.15) is 5.69 Å². The second-order valence-electron chi connectivity index (χ2n) is 7.89. The molecule has 0 radical (unpaired) electrons. The average Bonchev–Trinajstić information content (AvgIpc) is 3.43.